The molecule has 0 unspecified atom stereocenters. The van der Waals surface area contributed by atoms with Crippen LogP contribution in [0, 0.1) is 7.27 Å². The lowest BCUT2D eigenvalue weighted by Gasteiger charge is -2.10. The molecule has 0 amide bonds. The van der Waals surface area contributed by atoms with Crippen LogP contribution in [-0.4, -0.2) is 21.4 Å². The maximum absolute atomic E-state index is 12.0. The molecule has 0 N–H and O–H groups in total. The van der Waals surface area contributed by atoms with Gasteiger partial charge in [0.2, 0.25) is 0 Å². The van der Waals surface area contributed by atoms with Crippen molar-refractivity contribution in [3.63, 3.8) is 0 Å². The number of hydrogen-bond acceptors (Lipinski definition) is 3. The second-order valence-electron chi connectivity index (χ2n) is 3.12. The van der Waals surface area contributed by atoms with Gasteiger partial charge in [0.25, 0.3) is 0 Å². The first-order chi connectivity index (χ1) is 8.35. The van der Waals surface area contributed by atoms with Gasteiger partial charge in [0.15, 0.2) is 0 Å². The maximum Gasteiger partial charge on any atom is 0.573 e. The molecule has 1 heterocycles. The monoisotopic (exact) mass is 481 g/mol. The van der Waals surface area contributed by atoms with E-state index < -0.39 is 6.36 Å². The third kappa shape index (κ3) is 3.46. The topological polar surface area (TPSA) is 39.9 Å². The zero-order chi connectivity index (χ0) is 13.3. The number of rotatable bonds is 2. The Bertz CT molecular complexity index is 570. The van der Waals surface area contributed by atoms with Crippen LogP contribution in [0.3, 0.4) is 0 Å². The van der Waals surface area contributed by atoms with Crippen LogP contribution in [-0.2, 0) is 0 Å². The van der Waals surface area contributed by atoms with Gasteiger partial charge in [-0.3, -0.25) is 0 Å². The SMILES string of the molecule is FC(F)(F)Oc1ccc(-n2ncc(I)n2)c(I)c1. The van der Waals surface area contributed by atoms with Gasteiger partial charge in [-0.05, 0) is 63.4 Å². The molecule has 2 aromatic rings. The molecule has 9 heteroatoms. The Morgan fingerprint density at radius 2 is 1.94 bits per heavy atom. The molecule has 4 nitrogen and oxygen atoms in total. The molecule has 2 rings (SSSR count). The van der Waals surface area contributed by atoms with Crippen LogP contribution in [0.15, 0.2) is 24.4 Å². The summed E-state index contributed by atoms with van der Waals surface area (Å²) in [6.07, 6.45) is -3.14. The van der Waals surface area contributed by atoms with Crippen molar-refractivity contribution in [3.05, 3.63) is 31.7 Å². The smallest absolute Gasteiger partial charge is 0.406 e. The molecular weight excluding hydrogens is 477 g/mol. The molecule has 0 saturated carbocycles. The average Bonchev–Trinajstić information content (AvgIpc) is 2.62. The van der Waals surface area contributed by atoms with Crippen molar-refractivity contribution in [1.82, 2.24) is 15.0 Å². The van der Waals surface area contributed by atoms with E-state index >= 15 is 0 Å². The van der Waals surface area contributed by atoms with E-state index in [0.29, 0.717) is 13.0 Å². The third-order valence-electron chi connectivity index (χ3n) is 1.83. The summed E-state index contributed by atoms with van der Waals surface area (Å²) >= 11 is 3.89. The van der Waals surface area contributed by atoms with Gasteiger partial charge in [0.1, 0.15) is 9.45 Å². The van der Waals surface area contributed by atoms with Crippen LogP contribution in [0.2, 0.25) is 0 Å². The summed E-state index contributed by atoms with van der Waals surface area (Å²) in [6, 6.07) is 3.97. The molecule has 1 aromatic heterocycles. The van der Waals surface area contributed by atoms with Crippen molar-refractivity contribution in [1.29, 1.82) is 0 Å². The molecule has 18 heavy (non-hydrogen) atoms. The second kappa shape index (κ2) is 5.19. The largest absolute Gasteiger partial charge is 0.573 e. The number of aromatic nitrogens is 3. The molecule has 0 fully saturated rings. The highest BCUT2D eigenvalue weighted by Gasteiger charge is 2.31. The van der Waals surface area contributed by atoms with Crippen molar-refractivity contribution < 1.29 is 17.9 Å². The quantitative estimate of drug-likeness (QED) is 0.619. The van der Waals surface area contributed by atoms with Gasteiger partial charge in [-0.1, -0.05) is 0 Å². The van der Waals surface area contributed by atoms with Crippen molar-refractivity contribution >= 4 is 45.2 Å². The highest BCUT2D eigenvalue weighted by Crippen LogP contribution is 2.27. The first kappa shape index (κ1) is 13.8. The summed E-state index contributed by atoms with van der Waals surface area (Å²) in [5, 5.41) is 8.05. The van der Waals surface area contributed by atoms with Crippen molar-refractivity contribution in [2.45, 2.75) is 6.36 Å². The fraction of sp³-hybridized carbons (Fsp3) is 0.111. The van der Waals surface area contributed by atoms with Crippen molar-refractivity contribution in [3.8, 4) is 11.4 Å². The first-order valence-electron chi connectivity index (χ1n) is 4.49. The van der Waals surface area contributed by atoms with Gasteiger partial charge >= 0.3 is 6.36 Å². The van der Waals surface area contributed by atoms with E-state index in [1.807, 2.05) is 45.2 Å². The van der Waals surface area contributed by atoms with Gasteiger partial charge in [-0.25, -0.2) is 0 Å². The normalized spacial score (nSPS) is 11.6. The van der Waals surface area contributed by atoms with Crippen LogP contribution in [0.5, 0.6) is 5.75 Å². The molecule has 0 atom stereocenters. The standard InChI is InChI=1S/C9H4F3I2N3O/c10-9(11,12)18-5-1-2-7(6(13)3-5)17-15-4-8(14)16-17/h1-4H. The Hall–Kier alpha value is -0.590. The minimum Gasteiger partial charge on any atom is -0.406 e. The molecule has 0 saturated heterocycles. The molecule has 0 aliphatic heterocycles. The summed E-state index contributed by atoms with van der Waals surface area (Å²) in [6.45, 7) is 0. The lowest BCUT2D eigenvalue weighted by Crippen LogP contribution is -2.17. The summed E-state index contributed by atoms with van der Waals surface area (Å²) in [7, 11) is 0. The number of alkyl halides is 3. The Labute approximate surface area is 127 Å². The number of nitrogens with zero attached hydrogens (tertiary/aromatic N) is 3. The van der Waals surface area contributed by atoms with E-state index in [4.69, 9.17) is 0 Å². The van der Waals surface area contributed by atoms with Gasteiger partial charge < -0.3 is 4.74 Å². The Morgan fingerprint density at radius 1 is 1.22 bits per heavy atom. The molecule has 0 aliphatic rings. The van der Waals surface area contributed by atoms with Gasteiger partial charge in [-0.15, -0.1) is 23.1 Å². The maximum atomic E-state index is 12.0. The van der Waals surface area contributed by atoms with Crippen molar-refractivity contribution in [2.75, 3.05) is 0 Å². The van der Waals surface area contributed by atoms with Crippen LogP contribution in [0.4, 0.5) is 13.2 Å². The lowest BCUT2D eigenvalue weighted by atomic mass is 10.3. The van der Waals surface area contributed by atoms with Crippen LogP contribution in [0.1, 0.15) is 0 Å². The highest BCUT2D eigenvalue weighted by atomic mass is 127. The Kier molecular flexibility index (Phi) is 3.99. The number of ether oxygens (including phenoxy) is 1. The number of benzene rings is 1. The fourth-order valence-electron chi connectivity index (χ4n) is 1.21. The molecular formula is C9H4F3I2N3O. The van der Waals surface area contributed by atoms with E-state index in [1.165, 1.54) is 23.0 Å². The number of halogens is 5. The molecule has 0 aliphatic carbocycles. The van der Waals surface area contributed by atoms with Crippen LogP contribution in [0.25, 0.3) is 5.69 Å². The molecule has 0 spiro atoms. The van der Waals surface area contributed by atoms with Gasteiger partial charge in [-0.2, -0.15) is 5.10 Å². The average molecular weight is 481 g/mol. The summed E-state index contributed by atoms with van der Waals surface area (Å²) in [5.41, 5.74) is 0.591. The van der Waals surface area contributed by atoms with Gasteiger partial charge in [0.05, 0.1) is 11.9 Å². The molecule has 0 radical (unpaired) electrons. The minimum absolute atomic E-state index is 0.266. The Morgan fingerprint density at radius 3 is 2.44 bits per heavy atom. The molecule has 0 bridgehead atoms. The summed E-state index contributed by atoms with van der Waals surface area (Å²) in [4.78, 5) is 1.35. The zero-order valence-corrected chi connectivity index (χ0v) is 12.8. The summed E-state index contributed by atoms with van der Waals surface area (Å²) < 4.78 is 41.2. The molecule has 96 valence electrons. The van der Waals surface area contributed by atoms with E-state index in [-0.39, 0.29) is 5.75 Å². The van der Waals surface area contributed by atoms with E-state index in [9.17, 15) is 13.2 Å². The second-order valence-corrected chi connectivity index (χ2v) is 5.39. The van der Waals surface area contributed by atoms with Crippen LogP contribution >= 0.6 is 45.2 Å². The number of hydrogen-bond donors (Lipinski definition) is 0. The first-order valence-corrected chi connectivity index (χ1v) is 6.64. The van der Waals surface area contributed by atoms with Crippen LogP contribution < -0.4 is 4.74 Å². The fourth-order valence-corrected chi connectivity index (χ4v) is 2.24. The van der Waals surface area contributed by atoms with E-state index in [1.54, 1.807) is 6.20 Å². The van der Waals surface area contributed by atoms with E-state index in [0.717, 1.165) is 0 Å². The Balaban J connectivity index is 2.31. The predicted octanol–water partition coefficient (Wildman–Crippen LogP) is 3.38. The summed E-state index contributed by atoms with van der Waals surface area (Å²) in [5.74, 6) is -0.266. The highest BCUT2D eigenvalue weighted by molar-refractivity contribution is 14.1. The lowest BCUT2D eigenvalue weighted by molar-refractivity contribution is -0.274. The van der Waals surface area contributed by atoms with Crippen molar-refractivity contribution in [2.24, 2.45) is 0 Å². The predicted molar refractivity (Wildman–Crippen MR) is 73.5 cm³/mol. The molecule has 1 aromatic carbocycles. The van der Waals surface area contributed by atoms with Gasteiger partial charge in [0, 0.05) is 3.57 Å². The third-order valence-corrected chi connectivity index (χ3v) is 3.19. The minimum atomic E-state index is -4.69. The zero-order valence-electron chi connectivity index (χ0n) is 8.45. The van der Waals surface area contributed by atoms with E-state index in [2.05, 4.69) is 14.9 Å².